The first-order valence-electron chi connectivity index (χ1n) is 4.39. The van der Waals surface area contributed by atoms with Gasteiger partial charge in [0, 0.05) is 5.92 Å². The Kier molecular flexibility index (Phi) is 3.47. The van der Waals surface area contributed by atoms with E-state index in [9.17, 15) is 13.2 Å². The Hall–Kier alpha value is -0.650. The molecular formula is C8H11F3N2S. The Bertz CT molecular complexity index is 291. The summed E-state index contributed by atoms with van der Waals surface area (Å²) in [5.74, 6) is 0.101. The maximum absolute atomic E-state index is 12.2. The van der Waals surface area contributed by atoms with Crippen LogP contribution in [0.15, 0.2) is 0 Å². The summed E-state index contributed by atoms with van der Waals surface area (Å²) in [6.07, 6.45) is -2.77. The Balaban J connectivity index is 2.87. The summed E-state index contributed by atoms with van der Waals surface area (Å²) in [6.45, 7) is 3.87. The van der Waals surface area contributed by atoms with Gasteiger partial charge in [-0.05, 0) is 12.8 Å². The van der Waals surface area contributed by atoms with Crippen LogP contribution in [-0.2, 0) is 6.18 Å². The quantitative estimate of drug-likeness (QED) is 0.785. The molecule has 80 valence electrons. The van der Waals surface area contributed by atoms with E-state index < -0.39 is 11.2 Å². The topological polar surface area (TPSA) is 25.8 Å². The zero-order valence-corrected chi connectivity index (χ0v) is 8.74. The second-order valence-electron chi connectivity index (χ2n) is 2.96. The Morgan fingerprint density at radius 2 is 1.79 bits per heavy atom. The van der Waals surface area contributed by atoms with Gasteiger partial charge < -0.3 is 0 Å². The lowest BCUT2D eigenvalue weighted by Gasteiger charge is -2.05. The van der Waals surface area contributed by atoms with Crippen LogP contribution >= 0.6 is 11.3 Å². The molecule has 0 atom stereocenters. The highest BCUT2D eigenvalue weighted by atomic mass is 32.1. The standard InChI is InChI=1S/C8H11F3N2S/c1-3-5(4-2)6-12-13-7(14-6)8(9,10)11/h5H,3-4H2,1-2H3. The molecular weight excluding hydrogens is 213 g/mol. The molecule has 0 fully saturated rings. The molecule has 0 N–H and O–H groups in total. The fourth-order valence-corrected chi connectivity index (χ4v) is 2.13. The van der Waals surface area contributed by atoms with Crippen LogP contribution in [0, 0.1) is 0 Å². The predicted octanol–water partition coefficient (Wildman–Crippen LogP) is 3.46. The number of nitrogens with zero attached hydrogens (tertiary/aromatic N) is 2. The maximum atomic E-state index is 12.2. The fraction of sp³-hybridized carbons (Fsp3) is 0.750. The van der Waals surface area contributed by atoms with E-state index in [4.69, 9.17) is 0 Å². The van der Waals surface area contributed by atoms with Crippen LogP contribution in [0.4, 0.5) is 13.2 Å². The molecule has 0 aliphatic rings. The SMILES string of the molecule is CCC(CC)c1nnc(C(F)(F)F)s1. The molecule has 1 rings (SSSR count). The van der Waals surface area contributed by atoms with E-state index in [2.05, 4.69) is 10.2 Å². The van der Waals surface area contributed by atoms with Gasteiger partial charge in [-0.15, -0.1) is 10.2 Å². The largest absolute Gasteiger partial charge is 0.445 e. The van der Waals surface area contributed by atoms with Crippen LogP contribution in [0.25, 0.3) is 0 Å². The molecule has 0 aliphatic heterocycles. The van der Waals surface area contributed by atoms with Crippen LogP contribution in [0.1, 0.15) is 42.6 Å². The Morgan fingerprint density at radius 1 is 1.21 bits per heavy atom. The minimum absolute atomic E-state index is 0.101. The highest BCUT2D eigenvalue weighted by molar-refractivity contribution is 7.11. The van der Waals surface area contributed by atoms with E-state index in [1.165, 1.54) is 0 Å². The third-order valence-electron chi connectivity index (χ3n) is 2.02. The number of aromatic nitrogens is 2. The van der Waals surface area contributed by atoms with Gasteiger partial charge in [0.2, 0.25) is 5.01 Å². The van der Waals surface area contributed by atoms with Crippen LogP contribution in [0.3, 0.4) is 0 Å². The van der Waals surface area contributed by atoms with E-state index in [1.807, 2.05) is 13.8 Å². The zero-order chi connectivity index (χ0) is 10.8. The van der Waals surface area contributed by atoms with Crippen molar-refractivity contribution in [2.45, 2.75) is 38.8 Å². The summed E-state index contributed by atoms with van der Waals surface area (Å²) in [6, 6.07) is 0. The minimum atomic E-state index is -4.36. The van der Waals surface area contributed by atoms with Crippen molar-refractivity contribution in [3.63, 3.8) is 0 Å². The van der Waals surface area contributed by atoms with E-state index in [-0.39, 0.29) is 5.92 Å². The molecule has 0 bridgehead atoms. The zero-order valence-electron chi connectivity index (χ0n) is 7.93. The number of alkyl halides is 3. The lowest BCUT2D eigenvalue weighted by molar-refractivity contribution is -0.138. The third-order valence-corrected chi connectivity index (χ3v) is 3.15. The molecule has 6 heteroatoms. The van der Waals surface area contributed by atoms with Crippen molar-refractivity contribution in [3.8, 4) is 0 Å². The number of hydrogen-bond acceptors (Lipinski definition) is 3. The van der Waals surface area contributed by atoms with Crippen LogP contribution < -0.4 is 0 Å². The van der Waals surface area contributed by atoms with Gasteiger partial charge >= 0.3 is 6.18 Å². The summed E-state index contributed by atoms with van der Waals surface area (Å²) < 4.78 is 36.5. The molecule has 0 saturated heterocycles. The van der Waals surface area contributed by atoms with Crippen molar-refractivity contribution in [2.24, 2.45) is 0 Å². The van der Waals surface area contributed by atoms with E-state index in [0.29, 0.717) is 16.3 Å². The summed E-state index contributed by atoms with van der Waals surface area (Å²) in [4.78, 5) is 0. The van der Waals surface area contributed by atoms with Gasteiger partial charge in [0.05, 0.1) is 0 Å². The van der Waals surface area contributed by atoms with Crippen molar-refractivity contribution in [1.29, 1.82) is 0 Å². The van der Waals surface area contributed by atoms with E-state index in [0.717, 1.165) is 12.8 Å². The second-order valence-corrected chi connectivity index (χ2v) is 3.97. The molecule has 1 aromatic rings. The van der Waals surface area contributed by atoms with Gasteiger partial charge in [0.1, 0.15) is 5.01 Å². The lowest BCUT2D eigenvalue weighted by atomic mass is 10.1. The smallest absolute Gasteiger partial charge is 0.164 e. The first-order valence-corrected chi connectivity index (χ1v) is 5.21. The van der Waals surface area contributed by atoms with Crippen LogP contribution in [-0.4, -0.2) is 10.2 Å². The van der Waals surface area contributed by atoms with Gasteiger partial charge in [0.15, 0.2) is 0 Å². The molecule has 0 unspecified atom stereocenters. The summed E-state index contributed by atoms with van der Waals surface area (Å²) in [7, 11) is 0. The predicted molar refractivity (Wildman–Crippen MR) is 48.2 cm³/mol. The molecule has 14 heavy (non-hydrogen) atoms. The first-order chi connectivity index (χ1) is 6.49. The normalized spacial score (nSPS) is 12.4. The average molecular weight is 224 g/mol. The molecule has 0 aromatic carbocycles. The molecule has 0 saturated carbocycles. The maximum Gasteiger partial charge on any atom is 0.445 e. The van der Waals surface area contributed by atoms with Crippen LogP contribution in [0.2, 0.25) is 0 Å². The Morgan fingerprint density at radius 3 is 2.14 bits per heavy atom. The fourth-order valence-electron chi connectivity index (χ4n) is 1.15. The highest BCUT2D eigenvalue weighted by Gasteiger charge is 2.36. The van der Waals surface area contributed by atoms with E-state index in [1.54, 1.807) is 0 Å². The first kappa shape index (κ1) is 11.4. The molecule has 0 spiro atoms. The molecule has 1 aromatic heterocycles. The van der Waals surface area contributed by atoms with Crippen molar-refractivity contribution in [3.05, 3.63) is 10.0 Å². The van der Waals surface area contributed by atoms with Crippen molar-refractivity contribution >= 4 is 11.3 Å². The number of hydrogen-bond donors (Lipinski definition) is 0. The van der Waals surface area contributed by atoms with Gasteiger partial charge in [-0.3, -0.25) is 0 Å². The molecule has 0 aliphatic carbocycles. The van der Waals surface area contributed by atoms with Gasteiger partial charge in [-0.2, -0.15) is 13.2 Å². The van der Waals surface area contributed by atoms with Gasteiger partial charge in [-0.25, -0.2) is 0 Å². The second kappa shape index (κ2) is 4.25. The summed E-state index contributed by atoms with van der Waals surface area (Å²) >= 11 is 0.650. The molecule has 0 amide bonds. The third kappa shape index (κ3) is 2.43. The minimum Gasteiger partial charge on any atom is -0.164 e. The Labute approximate surface area is 84.2 Å². The molecule has 0 radical (unpaired) electrons. The molecule has 2 nitrogen and oxygen atoms in total. The van der Waals surface area contributed by atoms with Crippen LogP contribution in [0.5, 0.6) is 0 Å². The number of halogens is 3. The van der Waals surface area contributed by atoms with Gasteiger partial charge in [-0.1, -0.05) is 25.2 Å². The van der Waals surface area contributed by atoms with Crippen molar-refractivity contribution in [2.75, 3.05) is 0 Å². The highest BCUT2D eigenvalue weighted by Crippen LogP contribution is 2.34. The van der Waals surface area contributed by atoms with Crippen molar-refractivity contribution < 1.29 is 13.2 Å². The molecule has 1 heterocycles. The van der Waals surface area contributed by atoms with Gasteiger partial charge in [0.25, 0.3) is 0 Å². The summed E-state index contributed by atoms with van der Waals surface area (Å²) in [5.41, 5.74) is 0. The van der Waals surface area contributed by atoms with Crippen molar-refractivity contribution in [1.82, 2.24) is 10.2 Å². The number of rotatable bonds is 3. The lowest BCUT2D eigenvalue weighted by Crippen LogP contribution is -2.03. The average Bonchev–Trinajstić information content (AvgIpc) is 2.54. The van der Waals surface area contributed by atoms with E-state index >= 15 is 0 Å². The summed E-state index contributed by atoms with van der Waals surface area (Å²) in [5, 5.41) is 6.36. The monoisotopic (exact) mass is 224 g/mol.